The van der Waals surface area contributed by atoms with E-state index in [9.17, 15) is 4.79 Å². The first-order chi connectivity index (χ1) is 11.5. The predicted molar refractivity (Wildman–Crippen MR) is 103 cm³/mol. The molecular formula is C19H25ClN2O3. The highest BCUT2D eigenvalue weighted by Gasteiger charge is 2.14. The number of benzene rings is 2. The number of nitrogens with two attached hydrogens (primary N) is 1. The maximum atomic E-state index is 12.3. The van der Waals surface area contributed by atoms with Crippen molar-refractivity contribution in [1.82, 2.24) is 5.32 Å². The average Bonchev–Trinajstić information content (AvgIpc) is 2.56. The first kappa shape index (κ1) is 20.6. The molecule has 5 nitrogen and oxygen atoms in total. The molecule has 0 aromatic heterocycles. The van der Waals surface area contributed by atoms with Crippen molar-refractivity contribution in [2.24, 2.45) is 0 Å². The second-order valence-electron chi connectivity index (χ2n) is 5.39. The van der Waals surface area contributed by atoms with E-state index in [4.69, 9.17) is 15.2 Å². The number of amides is 1. The molecule has 1 unspecified atom stereocenters. The van der Waals surface area contributed by atoms with Gasteiger partial charge in [0.2, 0.25) is 0 Å². The van der Waals surface area contributed by atoms with Crippen LogP contribution in [0.5, 0.6) is 11.5 Å². The minimum atomic E-state index is -0.172. The fraction of sp³-hybridized carbons (Fsp3) is 0.316. The van der Waals surface area contributed by atoms with Crippen LogP contribution in [0, 0.1) is 0 Å². The predicted octanol–water partition coefficient (Wildman–Crippen LogP) is 3.98. The van der Waals surface area contributed by atoms with Crippen molar-refractivity contribution in [1.29, 1.82) is 0 Å². The minimum absolute atomic E-state index is 0. The summed E-state index contributed by atoms with van der Waals surface area (Å²) in [7, 11) is 0. The maximum absolute atomic E-state index is 12.3. The van der Waals surface area contributed by atoms with Crippen LogP contribution >= 0.6 is 12.4 Å². The molecule has 2 aromatic rings. The molecule has 3 N–H and O–H groups in total. The van der Waals surface area contributed by atoms with Gasteiger partial charge in [-0.15, -0.1) is 12.4 Å². The van der Waals surface area contributed by atoms with Gasteiger partial charge in [-0.05, 0) is 56.7 Å². The van der Waals surface area contributed by atoms with Crippen LogP contribution < -0.4 is 20.5 Å². The molecule has 1 atom stereocenters. The first-order valence-electron chi connectivity index (χ1n) is 8.11. The summed E-state index contributed by atoms with van der Waals surface area (Å²) in [5.41, 5.74) is 7.77. The summed E-state index contributed by atoms with van der Waals surface area (Å²) in [4.78, 5) is 12.3. The van der Waals surface area contributed by atoms with E-state index in [2.05, 4.69) is 5.32 Å². The fourth-order valence-corrected chi connectivity index (χ4v) is 2.38. The first-order valence-corrected chi connectivity index (χ1v) is 8.11. The van der Waals surface area contributed by atoms with Gasteiger partial charge in [0.05, 0.1) is 19.3 Å². The van der Waals surface area contributed by atoms with Crippen LogP contribution in [-0.4, -0.2) is 19.1 Å². The molecule has 0 aliphatic rings. The normalized spacial score (nSPS) is 11.2. The van der Waals surface area contributed by atoms with Gasteiger partial charge < -0.3 is 20.5 Å². The Bertz CT molecular complexity index is 707. The topological polar surface area (TPSA) is 73.6 Å². The molecule has 0 radical (unpaired) electrons. The average molecular weight is 365 g/mol. The van der Waals surface area contributed by atoms with Crippen LogP contribution in [0.25, 0.3) is 0 Å². The Kier molecular flexibility index (Phi) is 8.08. The summed E-state index contributed by atoms with van der Waals surface area (Å²) in [6, 6.07) is 12.4. The van der Waals surface area contributed by atoms with E-state index in [0.29, 0.717) is 36.0 Å². The molecule has 0 aliphatic heterocycles. The van der Waals surface area contributed by atoms with Crippen LogP contribution in [0.2, 0.25) is 0 Å². The van der Waals surface area contributed by atoms with Crippen LogP contribution in [0.15, 0.2) is 42.5 Å². The van der Waals surface area contributed by atoms with E-state index < -0.39 is 0 Å². The Labute approximate surface area is 154 Å². The van der Waals surface area contributed by atoms with Crippen molar-refractivity contribution >= 4 is 24.0 Å². The van der Waals surface area contributed by atoms with Gasteiger partial charge in [0.15, 0.2) is 11.5 Å². The highest BCUT2D eigenvalue weighted by Crippen LogP contribution is 2.30. The van der Waals surface area contributed by atoms with Crippen molar-refractivity contribution in [3.05, 3.63) is 53.6 Å². The third-order valence-electron chi connectivity index (χ3n) is 3.56. The van der Waals surface area contributed by atoms with Crippen molar-refractivity contribution in [3.63, 3.8) is 0 Å². The Balaban J connectivity index is 0.00000312. The largest absolute Gasteiger partial charge is 0.490 e. The zero-order valence-electron chi connectivity index (χ0n) is 14.7. The quantitative estimate of drug-likeness (QED) is 0.729. The van der Waals surface area contributed by atoms with Gasteiger partial charge in [0.25, 0.3) is 5.91 Å². The number of rotatable bonds is 7. The van der Waals surface area contributed by atoms with Crippen molar-refractivity contribution in [2.45, 2.75) is 26.8 Å². The van der Waals surface area contributed by atoms with Crippen LogP contribution in [0.4, 0.5) is 5.69 Å². The van der Waals surface area contributed by atoms with Gasteiger partial charge >= 0.3 is 0 Å². The van der Waals surface area contributed by atoms with Crippen LogP contribution in [0.3, 0.4) is 0 Å². The lowest BCUT2D eigenvalue weighted by molar-refractivity contribution is 0.0940. The van der Waals surface area contributed by atoms with Crippen molar-refractivity contribution in [3.8, 4) is 11.5 Å². The Morgan fingerprint density at radius 1 is 1.08 bits per heavy atom. The van der Waals surface area contributed by atoms with Gasteiger partial charge in [0.1, 0.15) is 0 Å². The number of halogens is 1. The number of carbonyl (C=O) groups excluding carboxylic acids is 1. The molecule has 1 amide bonds. The molecule has 0 fully saturated rings. The Morgan fingerprint density at radius 3 is 2.40 bits per heavy atom. The minimum Gasteiger partial charge on any atom is -0.490 e. The monoisotopic (exact) mass is 364 g/mol. The molecule has 25 heavy (non-hydrogen) atoms. The van der Waals surface area contributed by atoms with Gasteiger partial charge in [-0.25, -0.2) is 0 Å². The number of carbonyl (C=O) groups is 1. The number of nitrogen functional groups attached to an aromatic ring is 1. The zero-order valence-corrected chi connectivity index (χ0v) is 15.6. The fourth-order valence-electron chi connectivity index (χ4n) is 2.38. The van der Waals surface area contributed by atoms with Gasteiger partial charge in [-0.1, -0.05) is 12.1 Å². The van der Waals surface area contributed by atoms with Gasteiger partial charge in [-0.3, -0.25) is 4.79 Å². The zero-order chi connectivity index (χ0) is 17.5. The lowest BCUT2D eigenvalue weighted by atomic mass is 10.1. The third kappa shape index (κ3) is 5.57. The highest BCUT2D eigenvalue weighted by molar-refractivity contribution is 5.95. The number of nitrogens with one attached hydrogen (secondary N) is 1. The molecule has 136 valence electrons. The third-order valence-corrected chi connectivity index (χ3v) is 3.56. The van der Waals surface area contributed by atoms with E-state index in [0.717, 1.165) is 5.56 Å². The number of anilines is 1. The van der Waals surface area contributed by atoms with E-state index in [1.165, 1.54) is 0 Å². The van der Waals surface area contributed by atoms with E-state index >= 15 is 0 Å². The molecule has 0 heterocycles. The molecule has 2 rings (SSSR count). The van der Waals surface area contributed by atoms with E-state index in [-0.39, 0.29) is 24.4 Å². The summed E-state index contributed by atoms with van der Waals surface area (Å²) in [5.74, 6) is 1.22. The molecule has 0 bridgehead atoms. The van der Waals surface area contributed by atoms with Crippen molar-refractivity contribution in [2.75, 3.05) is 18.9 Å². The molecule has 6 heteroatoms. The van der Waals surface area contributed by atoms with Crippen molar-refractivity contribution < 1.29 is 14.3 Å². The summed E-state index contributed by atoms with van der Waals surface area (Å²) >= 11 is 0. The molecular weight excluding hydrogens is 340 g/mol. The second kappa shape index (κ2) is 9.79. The number of ether oxygens (including phenoxy) is 2. The molecule has 0 aliphatic carbocycles. The van der Waals surface area contributed by atoms with E-state index in [1.807, 2.05) is 39.0 Å². The summed E-state index contributed by atoms with van der Waals surface area (Å²) in [6.45, 7) is 6.90. The maximum Gasteiger partial charge on any atom is 0.251 e. The standard InChI is InChI=1S/C19H24N2O3.ClH/c1-4-23-17-10-9-14(12-18(17)24-5-2)13(3)21-19(22)15-7-6-8-16(20)11-15;/h6-13H,4-5,20H2,1-3H3,(H,21,22);1H. The summed E-state index contributed by atoms with van der Waals surface area (Å²) in [5, 5.41) is 2.97. The lowest BCUT2D eigenvalue weighted by Crippen LogP contribution is -2.26. The Morgan fingerprint density at radius 2 is 1.76 bits per heavy atom. The summed E-state index contributed by atoms with van der Waals surface area (Å²) < 4.78 is 11.2. The highest BCUT2D eigenvalue weighted by atomic mass is 35.5. The smallest absolute Gasteiger partial charge is 0.251 e. The van der Waals surface area contributed by atoms with E-state index in [1.54, 1.807) is 24.3 Å². The van der Waals surface area contributed by atoms with Gasteiger partial charge in [-0.2, -0.15) is 0 Å². The molecule has 0 saturated carbocycles. The SMILES string of the molecule is CCOc1ccc(C(C)NC(=O)c2cccc(N)c2)cc1OCC.Cl. The van der Waals surface area contributed by atoms with Crippen LogP contribution in [0.1, 0.15) is 42.7 Å². The summed E-state index contributed by atoms with van der Waals surface area (Å²) in [6.07, 6.45) is 0. The lowest BCUT2D eigenvalue weighted by Gasteiger charge is -2.17. The Hall–Kier alpha value is -2.40. The molecule has 0 spiro atoms. The van der Waals surface area contributed by atoms with Gasteiger partial charge in [0, 0.05) is 11.3 Å². The molecule has 0 saturated heterocycles. The number of hydrogen-bond donors (Lipinski definition) is 2. The second-order valence-corrected chi connectivity index (χ2v) is 5.39. The number of hydrogen-bond acceptors (Lipinski definition) is 4. The van der Waals surface area contributed by atoms with Crippen LogP contribution in [-0.2, 0) is 0 Å². The molecule has 2 aromatic carbocycles.